The van der Waals surface area contributed by atoms with Crippen molar-refractivity contribution in [2.45, 2.75) is 31.9 Å². The molecule has 23 heavy (non-hydrogen) atoms. The average Bonchev–Trinajstić information content (AvgIpc) is 2.54. The highest BCUT2D eigenvalue weighted by molar-refractivity contribution is 5.72. The molecule has 1 atom stereocenters. The zero-order valence-corrected chi connectivity index (χ0v) is 12.5. The van der Waals surface area contributed by atoms with Crippen molar-refractivity contribution in [3.05, 3.63) is 40.3 Å². The molecule has 0 unspecified atom stereocenters. The molecule has 1 aromatic rings. The maximum Gasteiger partial charge on any atom is 0.407 e. The number of carboxylic acid groups (broad SMARTS) is 1. The summed E-state index contributed by atoms with van der Waals surface area (Å²) in [5.74, 6) is -1.02. The molecule has 0 aromatic heterocycles. The molecule has 0 aliphatic rings. The van der Waals surface area contributed by atoms with E-state index < -0.39 is 18.1 Å². The zero-order chi connectivity index (χ0) is 17.1. The minimum atomic E-state index is -1.02. The largest absolute Gasteiger partial charge is 0.480 e. The van der Waals surface area contributed by atoms with Crippen molar-refractivity contribution in [2.24, 2.45) is 10.8 Å². The van der Waals surface area contributed by atoms with Gasteiger partial charge in [0.2, 0.25) is 0 Å². The smallest absolute Gasteiger partial charge is 0.407 e. The Bertz CT molecular complexity index is 569. The topological polar surface area (TPSA) is 150 Å². The SMILES string of the molecule is [N-]=[N+]=Nc1ccc(COC(=O)NCCCC[C@H](N)C(=O)O)cc1. The summed E-state index contributed by atoms with van der Waals surface area (Å²) in [6, 6.07) is 5.79. The molecule has 0 spiro atoms. The number of nitrogens with zero attached hydrogens (tertiary/aromatic N) is 3. The molecule has 1 amide bonds. The van der Waals surface area contributed by atoms with Gasteiger partial charge in [-0.05, 0) is 30.4 Å². The molecule has 0 aliphatic heterocycles. The number of aliphatic carboxylic acids is 1. The van der Waals surface area contributed by atoms with Crippen molar-refractivity contribution in [2.75, 3.05) is 6.54 Å². The summed E-state index contributed by atoms with van der Waals surface area (Å²) in [5.41, 5.74) is 14.9. The monoisotopic (exact) mass is 321 g/mol. The van der Waals surface area contributed by atoms with E-state index in [1.54, 1.807) is 24.3 Å². The molecule has 1 aromatic carbocycles. The number of hydrogen-bond acceptors (Lipinski definition) is 5. The lowest BCUT2D eigenvalue weighted by atomic mass is 10.1. The highest BCUT2D eigenvalue weighted by atomic mass is 16.5. The van der Waals surface area contributed by atoms with Gasteiger partial charge in [-0.15, -0.1) is 0 Å². The van der Waals surface area contributed by atoms with Gasteiger partial charge in [0.05, 0.1) is 0 Å². The van der Waals surface area contributed by atoms with Gasteiger partial charge in [0.25, 0.3) is 0 Å². The van der Waals surface area contributed by atoms with Crippen molar-refractivity contribution in [3.8, 4) is 0 Å². The normalized spacial score (nSPS) is 11.2. The fourth-order valence-electron chi connectivity index (χ4n) is 1.71. The lowest BCUT2D eigenvalue weighted by molar-refractivity contribution is -0.138. The average molecular weight is 321 g/mol. The van der Waals surface area contributed by atoms with Crippen LogP contribution in [0, 0.1) is 0 Å². The molecule has 9 nitrogen and oxygen atoms in total. The third-order valence-corrected chi connectivity index (χ3v) is 2.99. The van der Waals surface area contributed by atoms with E-state index in [4.69, 9.17) is 21.1 Å². The third kappa shape index (κ3) is 7.70. The van der Waals surface area contributed by atoms with Crippen LogP contribution in [0.5, 0.6) is 0 Å². The third-order valence-electron chi connectivity index (χ3n) is 2.99. The van der Waals surface area contributed by atoms with Gasteiger partial charge >= 0.3 is 12.1 Å². The van der Waals surface area contributed by atoms with Crippen molar-refractivity contribution < 1.29 is 19.4 Å². The van der Waals surface area contributed by atoms with Crippen LogP contribution in [0.15, 0.2) is 29.4 Å². The van der Waals surface area contributed by atoms with Crippen LogP contribution in [-0.4, -0.2) is 29.8 Å². The predicted molar refractivity (Wildman–Crippen MR) is 82.9 cm³/mol. The zero-order valence-electron chi connectivity index (χ0n) is 12.5. The summed E-state index contributed by atoms with van der Waals surface area (Å²) < 4.78 is 5.02. The maximum absolute atomic E-state index is 11.5. The first-order valence-electron chi connectivity index (χ1n) is 7.06. The van der Waals surface area contributed by atoms with Crippen LogP contribution in [0.3, 0.4) is 0 Å². The van der Waals surface area contributed by atoms with Gasteiger partial charge < -0.3 is 20.9 Å². The molecule has 124 valence electrons. The molecular formula is C14H19N5O4. The number of alkyl carbamates (subject to hydrolysis) is 1. The van der Waals surface area contributed by atoms with Crippen LogP contribution >= 0.6 is 0 Å². The standard InChI is InChI=1S/C14H19N5O4/c15-12(13(20)21)3-1-2-8-17-14(22)23-9-10-4-6-11(7-5-10)18-19-16/h4-7,12H,1-3,8-9,15H2,(H,17,22)(H,20,21)/t12-/m0/s1. The number of carboxylic acids is 1. The van der Waals surface area contributed by atoms with Crippen molar-refractivity contribution in [3.63, 3.8) is 0 Å². The van der Waals surface area contributed by atoms with Gasteiger partial charge in [-0.2, -0.15) is 0 Å². The Balaban J connectivity index is 2.17. The quantitative estimate of drug-likeness (QED) is 0.276. The van der Waals surface area contributed by atoms with Gasteiger partial charge in [-0.25, -0.2) is 4.79 Å². The second-order valence-corrected chi connectivity index (χ2v) is 4.80. The lowest BCUT2D eigenvalue weighted by Gasteiger charge is -2.08. The lowest BCUT2D eigenvalue weighted by Crippen LogP contribution is -2.30. The molecule has 0 saturated carbocycles. The summed E-state index contributed by atoms with van der Waals surface area (Å²) in [7, 11) is 0. The van der Waals surface area contributed by atoms with Crippen molar-refractivity contribution in [1.29, 1.82) is 0 Å². The summed E-state index contributed by atoms with van der Waals surface area (Å²) in [6.45, 7) is 0.493. The van der Waals surface area contributed by atoms with E-state index in [1.165, 1.54) is 0 Å². The molecule has 0 bridgehead atoms. The maximum atomic E-state index is 11.5. The number of nitrogens with one attached hydrogen (secondary N) is 1. The molecule has 1 rings (SSSR count). The number of carbonyl (C=O) groups is 2. The van der Waals surface area contributed by atoms with Gasteiger partial charge in [0, 0.05) is 17.1 Å². The highest BCUT2D eigenvalue weighted by Crippen LogP contribution is 2.13. The molecule has 0 saturated heterocycles. The number of benzene rings is 1. The van der Waals surface area contributed by atoms with E-state index in [0.29, 0.717) is 31.5 Å². The van der Waals surface area contributed by atoms with Gasteiger partial charge in [-0.1, -0.05) is 29.4 Å². The molecule has 4 N–H and O–H groups in total. The summed E-state index contributed by atoms with van der Waals surface area (Å²) in [6.07, 6.45) is 1.04. The van der Waals surface area contributed by atoms with Crippen LogP contribution in [0.1, 0.15) is 24.8 Å². The van der Waals surface area contributed by atoms with E-state index in [9.17, 15) is 9.59 Å². The first-order chi connectivity index (χ1) is 11.0. The van der Waals surface area contributed by atoms with E-state index in [1.807, 2.05) is 0 Å². The fourth-order valence-corrected chi connectivity index (χ4v) is 1.71. The Hall–Kier alpha value is -2.77. The van der Waals surface area contributed by atoms with Crippen LogP contribution in [0.25, 0.3) is 10.4 Å². The van der Waals surface area contributed by atoms with Crippen LogP contribution < -0.4 is 11.1 Å². The van der Waals surface area contributed by atoms with E-state index >= 15 is 0 Å². The first kappa shape index (κ1) is 18.3. The van der Waals surface area contributed by atoms with Crippen molar-refractivity contribution in [1.82, 2.24) is 5.32 Å². The number of nitrogens with two attached hydrogens (primary N) is 1. The molecule has 0 aliphatic carbocycles. The Labute approximate surface area is 133 Å². The Morgan fingerprint density at radius 2 is 2.04 bits per heavy atom. The Kier molecular flexibility index (Phi) is 7.98. The Morgan fingerprint density at radius 1 is 1.35 bits per heavy atom. The molecular weight excluding hydrogens is 302 g/mol. The summed E-state index contributed by atoms with van der Waals surface area (Å²) in [5, 5.41) is 14.6. The number of unbranched alkanes of at least 4 members (excludes halogenated alkanes) is 1. The van der Waals surface area contributed by atoms with Crippen LogP contribution in [-0.2, 0) is 16.1 Å². The van der Waals surface area contributed by atoms with Crippen LogP contribution in [0.2, 0.25) is 0 Å². The Morgan fingerprint density at radius 3 is 2.65 bits per heavy atom. The second-order valence-electron chi connectivity index (χ2n) is 4.80. The number of carbonyl (C=O) groups excluding carboxylic acids is 1. The van der Waals surface area contributed by atoms with E-state index in [2.05, 4.69) is 15.3 Å². The van der Waals surface area contributed by atoms with E-state index in [0.717, 1.165) is 5.56 Å². The summed E-state index contributed by atoms with van der Waals surface area (Å²) >= 11 is 0. The summed E-state index contributed by atoms with van der Waals surface area (Å²) in [4.78, 5) is 24.7. The van der Waals surface area contributed by atoms with E-state index in [-0.39, 0.29) is 6.61 Å². The van der Waals surface area contributed by atoms with Gasteiger partial charge in [0.15, 0.2) is 0 Å². The molecule has 0 fully saturated rings. The van der Waals surface area contributed by atoms with Crippen LogP contribution in [0.4, 0.5) is 10.5 Å². The minimum Gasteiger partial charge on any atom is -0.480 e. The second kappa shape index (κ2) is 10.0. The van der Waals surface area contributed by atoms with Gasteiger partial charge in [-0.3, -0.25) is 4.79 Å². The highest BCUT2D eigenvalue weighted by Gasteiger charge is 2.10. The number of hydrogen-bond donors (Lipinski definition) is 3. The minimum absolute atomic E-state index is 0.103. The number of ether oxygens (including phenoxy) is 1. The van der Waals surface area contributed by atoms with Gasteiger partial charge in [0.1, 0.15) is 12.6 Å². The molecule has 9 heteroatoms. The fraction of sp³-hybridized carbons (Fsp3) is 0.429. The number of azide groups is 1. The first-order valence-corrected chi connectivity index (χ1v) is 7.06. The number of amides is 1. The van der Waals surface area contributed by atoms with Crippen molar-refractivity contribution >= 4 is 17.7 Å². The molecule has 0 heterocycles. The molecule has 0 radical (unpaired) electrons. The number of rotatable bonds is 9. The predicted octanol–water partition coefficient (Wildman–Crippen LogP) is 2.44.